The number of methoxy groups -OCH3 is 1. The molecule has 0 saturated carbocycles. The molecule has 6 nitrogen and oxygen atoms in total. The van der Waals surface area contributed by atoms with Gasteiger partial charge in [-0.2, -0.15) is 0 Å². The highest BCUT2D eigenvalue weighted by molar-refractivity contribution is 5.76. The fourth-order valence-corrected chi connectivity index (χ4v) is 2.08. The summed E-state index contributed by atoms with van der Waals surface area (Å²) in [5.41, 5.74) is 6.83. The highest BCUT2D eigenvalue weighted by Gasteiger charge is 2.19. The largest absolute Gasteiger partial charge is 0.493 e. The molecule has 6 heteroatoms. The molecule has 0 spiro atoms. The quantitative estimate of drug-likeness (QED) is 0.818. The van der Waals surface area contributed by atoms with E-state index in [-0.39, 0.29) is 12.1 Å². The van der Waals surface area contributed by atoms with Crippen molar-refractivity contribution >= 4 is 6.03 Å². The average molecular weight is 279 g/mol. The summed E-state index contributed by atoms with van der Waals surface area (Å²) in [6.45, 7) is 4.33. The summed E-state index contributed by atoms with van der Waals surface area (Å²) in [4.78, 5) is 13.1. The summed E-state index contributed by atoms with van der Waals surface area (Å²) in [5.74, 6) is 1.32. The lowest BCUT2D eigenvalue weighted by molar-refractivity contribution is 0.201. The van der Waals surface area contributed by atoms with E-state index in [0.717, 1.165) is 12.1 Å². The Morgan fingerprint density at radius 3 is 2.85 bits per heavy atom. The predicted octanol–water partition coefficient (Wildman–Crippen LogP) is 1.12. The molecule has 20 heavy (non-hydrogen) atoms. The van der Waals surface area contributed by atoms with Gasteiger partial charge >= 0.3 is 6.03 Å². The Hall–Kier alpha value is -1.95. The molecule has 2 amide bonds. The SMILES string of the molecule is COc1cc(C(C)N)ccc1OCCN1CCNC1=O. The highest BCUT2D eigenvalue weighted by Crippen LogP contribution is 2.29. The lowest BCUT2D eigenvalue weighted by Gasteiger charge is -2.16. The van der Waals surface area contributed by atoms with Gasteiger partial charge in [-0.25, -0.2) is 4.79 Å². The number of ether oxygens (including phenoxy) is 2. The summed E-state index contributed by atoms with van der Waals surface area (Å²) in [7, 11) is 1.60. The zero-order valence-electron chi connectivity index (χ0n) is 11.9. The van der Waals surface area contributed by atoms with Gasteiger partial charge in [-0.15, -0.1) is 0 Å². The van der Waals surface area contributed by atoms with Gasteiger partial charge in [0.2, 0.25) is 0 Å². The Labute approximate surface area is 118 Å². The molecule has 1 aliphatic rings. The number of nitrogens with one attached hydrogen (secondary N) is 1. The fraction of sp³-hybridized carbons (Fsp3) is 0.500. The number of hydrogen-bond acceptors (Lipinski definition) is 4. The summed E-state index contributed by atoms with van der Waals surface area (Å²) in [6.07, 6.45) is 0. The van der Waals surface area contributed by atoms with Crippen molar-refractivity contribution in [2.24, 2.45) is 5.73 Å². The van der Waals surface area contributed by atoms with Gasteiger partial charge in [-0.05, 0) is 24.6 Å². The molecule has 1 saturated heterocycles. The number of carbonyl (C=O) groups is 1. The van der Waals surface area contributed by atoms with Crippen molar-refractivity contribution in [1.29, 1.82) is 0 Å². The van der Waals surface area contributed by atoms with Gasteiger partial charge in [0, 0.05) is 19.1 Å². The van der Waals surface area contributed by atoms with E-state index >= 15 is 0 Å². The van der Waals surface area contributed by atoms with Crippen LogP contribution in [0.3, 0.4) is 0 Å². The van der Waals surface area contributed by atoms with Crippen LogP contribution in [0.15, 0.2) is 18.2 Å². The normalized spacial score (nSPS) is 15.9. The second kappa shape index (κ2) is 6.47. The van der Waals surface area contributed by atoms with Crippen molar-refractivity contribution in [2.75, 3.05) is 33.4 Å². The second-order valence-electron chi connectivity index (χ2n) is 4.77. The van der Waals surface area contributed by atoms with E-state index in [1.807, 2.05) is 25.1 Å². The van der Waals surface area contributed by atoms with Crippen LogP contribution in [0.4, 0.5) is 4.79 Å². The molecule has 0 aliphatic carbocycles. The number of hydrogen-bond donors (Lipinski definition) is 2. The van der Waals surface area contributed by atoms with Gasteiger partial charge in [0.05, 0.1) is 13.7 Å². The molecule has 110 valence electrons. The first-order chi connectivity index (χ1) is 9.61. The summed E-state index contributed by atoms with van der Waals surface area (Å²) >= 11 is 0. The summed E-state index contributed by atoms with van der Waals surface area (Å²) in [6, 6.07) is 5.56. The molecule has 0 bridgehead atoms. The summed E-state index contributed by atoms with van der Waals surface area (Å²) in [5, 5.41) is 2.75. The van der Waals surface area contributed by atoms with Crippen LogP contribution in [-0.4, -0.2) is 44.3 Å². The topological polar surface area (TPSA) is 76.8 Å². The first-order valence-electron chi connectivity index (χ1n) is 6.71. The molecular formula is C14H21N3O3. The highest BCUT2D eigenvalue weighted by atomic mass is 16.5. The number of carbonyl (C=O) groups excluding carboxylic acids is 1. The first kappa shape index (κ1) is 14.5. The van der Waals surface area contributed by atoms with E-state index in [1.54, 1.807) is 12.0 Å². The number of nitrogens with two attached hydrogens (primary N) is 1. The molecule has 0 radical (unpaired) electrons. The second-order valence-corrected chi connectivity index (χ2v) is 4.77. The minimum absolute atomic E-state index is 0.0344. The monoisotopic (exact) mass is 279 g/mol. The molecule has 2 rings (SSSR count). The Balaban J connectivity index is 1.93. The Morgan fingerprint density at radius 2 is 2.25 bits per heavy atom. The van der Waals surface area contributed by atoms with Crippen molar-refractivity contribution in [1.82, 2.24) is 10.2 Å². The Morgan fingerprint density at radius 1 is 1.45 bits per heavy atom. The van der Waals surface area contributed by atoms with Crippen LogP contribution in [0.1, 0.15) is 18.5 Å². The number of rotatable bonds is 6. The zero-order valence-corrected chi connectivity index (χ0v) is 11.9. The Kier molecular flexibility index (Phi) is 4.68. The molecule has 1 unspecified atom stereocenters. The molecule has 0 aromatic heterocycles. The first-order valence-corrected chi connectivity index (χ1v) is 6.71. The van der Waals surface area contributed by atoms with Crippen LogP contribution in [-0.2, 0) is 0 Å². The molecule has 1 aliphatic heterocycles. The van der Waals surface area contributed by atoms with Crippen molar-refractivity contribution in [2.45, 2.75) is 13.0 Å². The van der Waals surface area contributed by atoms with Crippen LogP contribution in [0, 0.1) is 0 Å². The third-order valence-corrected chi connectivity index (χ3v) is 3.28. The molecule has 1 atom stereocenters. The molecule has 1 aromatic carbocycles. The van der Waals surface area contributed by atoms with Crippen LogP contribution in [0.25, 0.3) is 0 Å². The lowest BCUT2D eigenvalue weighted by Crippen LogP contribution is -2.31. The van der Waals surface area contributed by atoms with Crippen molar-refractivity contribution in [3.05, 3.63) is 23.8 Å². The zero-order chi connectivity index (χ0) is 14.5. The third kappa shape index (κ3) is 3.33. The summed E-state index contributed by atoms with van der Waals surface area (Å²) < 4.78 is 11.0. The standard InChI is InChI=1S/C14H21N3O3/c1-10(15)11-3-4-12(13(9-11)19-2)20-8-7-17-6-5-16-14(17)18/h3-4,9-10H,5-8,15H2,1-2H3,(H,16,18). The number of benzene rings is 1. The van der Waals surface area contributed by atoms with Gasteiger partial charge in [-0.3, -0.25) is 0 Å². The smallest absolute Gasteiger partial charge is 0.317 e. The molecular weight excluding hydrogens is 258 g/mol. The maximum atomic E-state index is 11.4. The van der Waals surface area contributed by atoms with E-state index in [4.69, 9.17) is 15.2 Å². The molecule has 3 N–H and O–H groups in total. The lowest BCUT2D eigenvalue weighted by atomic mass is 10.1. The molecule has 1 fully saturated rings. The van der Waals surface area contributed by atoms with Crippen molar-refractivity contribution in [3.8, 4) is 11.5 Å². The Bertz CT molecular complexity index is 477. The van der Waals surface area contributed by atoms with Crippen LogP contribution in [0.2, 0.25) is 0 Å². The van der Waals surface area contributed by atoms with Gasteiger partial charge in [0.1, 0.15) is 6.61 Å². The minimum atomic E-state index is -0.0498. The van der Waals surface area contributed by atoms with Crippen molar-refractivity contribution in [3.63, 3.8) is 0 Å². The van der Waals surface area contributed by atoms with E-state index in [9.17, 15) is 4.79 Å². The number of amides is 2. The van der Waals surface area contributed by atoms with Gasteiger partial charge in [0.25, 0.3) is 0 Å². The van der Waals surface area contributed by atoms with Crippen LogP contribution in [0.5, 0.6) is 11.5 Å². The third-order valence-electron chi connectivity index (χ3n) is 3.28. The van der Waals surface area contributed by atoms with Gasteiger partial charge < -0.3 is 25.4 Å². The van der Waals surface area contributed by atoms with E-state index in [0.29, 0.717) is 31.2 Å². The van der Waals surface area contributed by atoms with E-state index in [2.05, 4.69) is 5.32 Å². The van der Waals surface area contributed by atoms with Crippen molar-refractivity contribution < 1.29 is 14.3 Å². The number of nitrogens with zero attached hydrogens (tertiary/aromatic N) is 1. The van der Waals surface area contributed by atoms with E-state index < -0.39 is 0 Å². The average Bonchev–Trinajstić information content (AvgIpc) is 2.84. The minimum Gasteiger partial charge on any atom is -0.493 e. The maximum Gasteiger partial charge on any atom is 0.317 e. The van der Waals surface area contributed by atoms with Crippen LogP contribution >= 0.6 is 0 Å². The number of urea groups is 1. The van der Waals surface area contributed by atoms with Crippen LogP contribution < -0.4 is 20.5 Å². The van der Waals surface area contributed by atoms with E-state index in [1.165, 1.54) is 0 Å². The van der Waals surface area contributed by atoms with Gasteiger partial charge in [-0.1, -0.05) is 6.07 Å². The fourth-order valence-electron chi connectivity index (χ4n) is 2.08. The molecule has 1 aromatic rings. The van der Waals surface area contributed by atoms with Gasteiger partial charge in [0.15, 0.2) is 11.5 Å². The maximum absolute atomic E-state index is 11.4. The molecule has 1 heterocycles. The predicted molar refractivity (Wildman–Crippen MR) is 76.1 cm³/mol.